The van der Waals surface area contributed by atoms with Gasteiger partial charge in [0.05, 0.1) is 19.8 Å². The lowest BCUT2D eigenvalue weighted by atomic mass is 9.99. The van der Waals surface area contributed by atoms with Crippen LogP contribution in [-0.2, 0) is 44.6 Å². The van der Waals surface area contributed by atoms with E-state index in [1.54, 1.807) is 18.2 Å². The minimum absolute atomic E-state index is 0.187. The Morgan fingerprint density at radius 2 is 1.37 bits per heavy atom. The molecular formula is C34H32N4O5. The van der Waals surface area contributed by atoms with Crippen molar-refractivity contribution in [1.82, 2.24) is 14.6 Å². The number of aliphatic hydroxyl groups is 1. The first-order valence-electron chi connectivity index (χ1n) is 14.2. The van der Waals surface area contributed by atoms with Gasteiger partial charge < -0.3 is 29.8 Å². The zero-order valence-electron chi connectivity index (χ0n) is 23.5. The Labute approximate surface area is 249 Å². The summed E-state index contributed by atoms with van der Waals surface area (Å²) in [6, 6.07) is 32.9. The Kier molecular flexibility index (Phi) is 6.84. The van der Waals surface area contributed by atoms with Crippen LogP contribution in [0.5, 0.6) is 0 Å². The predicted octanol–water partition coefficient (Wildman–Crippen LogP) is 4.55. The summed E-state index contributed by atoms with van der Waals surface area (Å²) in [5, 5.41) is 17.0. The van der Waals surface area contributed by atoms with Gasteiger partial charge in [-0.3, -0.25) is 0 Å². The van der Waals surface area contributed by atoms with Crippen molar-refractivity contribution in [2.45, 2.75) is 49.0 Å². The molecule has 0 spiro atoms. The average molecular weight is 577 g/mol. The number of nitrogen functional groups attached to an aromatic ring is 1. The first-order chi connectivity index (χ1) is 21.0. The fraction of sp³-hybridized carbons (Fsp3) is 0.235. The molecule has 0 bridgehead atoms. The minimum Gasteiger partial charge on any atom is -0.382 e. The van der Waals surface area contributed by atoms with Crippen LogP contribution in [-0.4, -0.2) is 43.1 Å². The van der Waals surface area contributed by atoms with Crippen LogP contribution < -0.4 is 5.73 Å². The molecule has 2 fully saturated rings. The number of hydrogen-bond donors (Lipinski definition) is 2. The van der Waals surface area contributed by atoms with Gasteiger partial charge in [-0.05, 0) is 28.8 Å². The molecule has 218 valence electrons. The maximum Gasteiger partial charge on any atom is 0.241 e. The highest BCUT2D eigenvalue weighted by molar-refractivity contribution is 5.66. The van der Waals surface area contributed by atoms with Crippen LogP contribution in [0, 0.1) is 0 Å². The first kappa shape index (κ1) is 27.5. The van der Waals surface area contributed by atoms with Gasteiger partial charge in [0.1, 0.15) is 23.6 Å². The molecule has 5 atom stereocenters. The Morgan fingerprint density at radius 3 is 1.95 bits per heavy atom. The lowest BCUT2D eigenvalue weighted by Gasteiger charge is -2.35. The number of anilines is 1. The third-order valence-corrected chi connectivity index (χ3v) is 8.37. The molecule has 7 rings (SSSR count). The molecule has 43 heavy (non-hydrogen) atoms. The molecule has 5 aromatic rings. The molecule has 2 aromatic heterocycles. The van der Waals surface area contributed by atoms with Gasteiger partial charge in [-0.1, -0.05) is 97.1 Å². The highest BCUT2D eigenvalue weighted by Crippen LogP contribution is 2.70. The third kappa shape index (κ3) is 4.36. The number of fused-ring (bicyclic) bond motifs is 2. The summed E-state index contributed by atoms with van der Waals surface area (Å²) in [4.78, 5) is 4.09. The number of rotatable bonds is 11. The van der Waals surface area contributed by atoms with Gasteiger partial charge >= 0.3 is 0 Å². The summed E-state index contributed by atoms with van der Waals surface area (Å²) in [5.74, 6) is -1.74. The van der Waals surface area contributed by atoms with E-state index in [1.807, 2.05) is 91.0 Å². The highest BCUT2D eigenvalue weighted by Gasteiger charge is 2.92. The summed E-state index contributed by atoms with van der Waals surface area (Å²) in [5.41, 5.74) is 7.36. The van der Waals surface area contributed by atoms with Crippen molar-refractivity contribution in [2.24, 2.45) is 0 Å². The Hall–Kier alpha value is -4.38. The van der Waals surface area contributed by atoms with Gasteiger partial charge in [-0.15, -0.1) is 6.58 Å². The minimum atomic E-state index is -2.01. The van der Waals surface area contributed by atoms with Crippen LogP contribution in [0.3, 0.4) is 0 Å². The quantitative estimate of drug-likeness (QED) is 0.220. The molecule has 3 N–H and O–H groups in total. The zero-order valence-corrected chi connectivity index (χ0v) is 23.5. The predicted molar refractivity (Wildman–Crippen MR) is 159 cm³/mol. The number of ether oxygens (including phenoxy) is 4. The topological polar surface area (TPSA) is 113 Å². The number of nitrogens with zero attached hydrogens (tertiary/aromatic N) is 3. The van der Waals surface area contributed by atoms with Crippen LogP contribution >= 0.6 is 0 Å². The normalized spacial score (nSPS) is 27.7. The van der Waals surface area contributed by atoms with Crippen LogP contribution in [0.15, 0.2) is 122 Å². The second-order valence-corrected chi connectivity index (χ2v) is 10.9. The van der Waals surface area contributed by atoms with E-state index < -0.39 is 29.2 Å². The standard InChI is InChI=1S/C34H32N4O5/c1-2-32-30(40-20-24-12-6-3-7-13-24)33(32,42-22-26-16-10-5-11-17-26)31(41-21-25-14-8-4-9-15-25)34(39,43-32)28-19-18-27-29(35)36-23-37-38(27)28/h2-19,23,30-31,39H,1,20-22H2,(H2,35,36,37)/t30?,31-,32-,33+,34?/m1/s1. The summed E-state index contributed by atoms with van der Waals surface area (Å²) >= 11 is 0. The maximum atomic E-state index is 12.6. The molecule has 2 aliphatic rings. The largest absolute Gasteiger partial charge is 0.382 e. The second-order valence-electron chi connectivity index (χ2n) is 10.9. The van der Waals surface area contributed by atoms with Crippen molar-refractivity contribution in [3.63, 3.8) is 0 Å². The van der Waals surface area contributed by atoms with Crippen LogP contribution in [0.25, 0.3) is 5.52 Å². The fourth-order valence-corrected chi connectivity index (χ4v) is 6.26. The number of nitrogens with two attached hydrogens (primary N) is 1. The maximum absolute atomic E-state index is 12.6. The van der Waals surface area contributed by atoms with Gasteiger partial charge in [0.2, 0.25) is 5.79 Å². The van der Waals surface area contributed by atoms with E-state index in [0.717, 1.165) is 16.7 Å². The molecule has 1 aliphatic carbocycles. The van der Waals surface area contributed by atoms with Crippen molar-refractivity contribution in [1.29, 1.82) is 0 Å². The molecule has 1 aliphatic heterocycles. The van der Waals surface area contributed by atoms with Crippen LogP contribution in [0.1, 0.15) is 22.4 Å². The monoisotopic (exact) mass is 576 g/mol. The molecular weight excluding hydrogens is 544 g/mol. The van der Waals surface area contributed by atoms with Gasteiger partial charge in [0, 0.05) is 0 Å². The zero-order chi connectivity index (χ0) is 29.5. The lowest BCUT2D eigenvalue weighted by molar-refractivity contribution is -0.288. The molecule has 3 heterocycles. The fourth-order valence-electron chi connectivity index (χ4n) is 6.26. The van der Waals surface area contributed by atoms with Gasteiger partial charge in [0.15, 0.2) is 23.1 Å². The molecule has 9 heteroatoms. The van der Waals surface area contributed by atoms with Crippen LogP contribution in [0.4, 0.5) is 5.82 Å². The summed E-state index contributed by atoms with van der Waals surface area (Å²) in [6.07, 6.45) is 1.30. The summed E-state index contributed by atoms with van der Waals surface area (Å²) in [7, 11) is 0. The molecule has 2 unspecified atom stereocenters. The van der Waals surface area contributed by atoms with Crippen molar-refractivity contribution < 1.29 is 24.1 Å². The average Bonchev–Trinajstić information content (AvgIpc) is 3.28. The van der Waals surface area contributed by atoms with E-state index in [9.17, 15) is 5.11 Å². The second kappa shape index (κ2) is 10.7. The Morgan fingerprint density at radius 1 is 0.814 bits per heavy atom. The highest BCUT2D eigenvalue weighted by atomic mass is 16.7. The first-order valence-corrected chi connectivity index (χ1v) is 14.2. The van der Waals surface area contributed by atoms with Gasteiger partial charge in [-0.2, -0.15) is 5.10 Å². The Balaban J connectivity index is 1.33. The van der Waals surface area contributed by atoms with E-state index in [1.165, 1.54) is 10.8 Å². The SMILES string of the molecule is C=C[C@]12OC(O)(c3ccc4c(N)ncnn34)[C@H](OCc3ccccc3)[C@@]1(OCc1ccccc1)C2OCc1ccccc1. The van der Waals surface area contributed by atoms with E-state index in [2.05, 4.69) is 16.7 Å². The van der Waals surface area contributed by atoms with Gasteiger partial charge in [0.25, 0.3) is 0 Å². The Bertz CT molecular complexity index is 1730. The van der Waals surface area contributed by atoms with Crippen molar-refractivity contribution in [3.8, 4) is 0 Å². The smallest absolute Gasteiger partial charge is 0.241 e. The van der Waals surface area contributed by atoms with E-state index in [0.29, 0.717) is 17.8 Å². The molecule has 0 radical (unpaired) electrons. The molecule has 0 amide bonds. The number of hydrogen-bond acceptors (Lipinski definition) is 8. The van der Waals surface area contributed by atoms with Crippen molar-refractivity contribution in [2.75, 3.05) is 5.73 Å². The number of benzene rings is 3. The molecule has 1 saturated heterocycles. The molecule has 3 aromatic carbocycles. The summed E-state index contributed by atoms with van der Waals surface area (Å²) < 4.78 is 28.2. The van der Waals surface area contributed by atoms with Crippen molar-refractivity contribution in [3.05, 3.63) is 144 Å². The molecule has 9 nitrogen and oxygen atoms in total. The van der Waals surface area contributed by atoms with Gasteiger partial charge in [-0.25, -0.2) is 9.50 Å². The van der Waals surface area contributed by atoms with E-state index >= 15 is 0 Å². The number of aromatic nitrogens is 3. The summed E-state index contributed by atoms with van der Waals surface area (Å²) in [6.45, 7) is 4.86. The van der Waals surface area contributed by atoms with Crippen LogP contribution in [0.2, 0.25) is 0 Å². The van der Waals surface area contributed by atoms with E-state index in [4.69, 9.17) is 24.7 Å². The molecule has 1 saturated carbocycles. The van der Waals surface area contributed by atoms with E-state index in [-0.39, 0.29) is 19.0 Å². The third-order valence-electron chi connectivity index (χ3n) is 8.37. The van der Waals surface area contributed by atoms with Crippen molar-refractivity contribution >= 4 is 11.3 Å². The lowest BCUT2D eigenvalue weighted by Crippen LogP contribution is -2.51.